The number of hydrogen-bond donors (Lipinski definition) is 3. The Morgan fingerprint density at radius 1 is 0.406 bits per heavy atom. The van der Waals surface area contributed by atoms with Gasteiger partial charge in [-0.25, -0.2) is 0 Å². The van der Waals surface area contributed by atoms with Gasteiger partial charge >= 0.3 is 5.97 Å². The van der Waals surface area contributed by atoms with E-state index in [0.29, 0.717) is 19.3 Å². The van der Waals surface area contributed by atoms with Gasteiger partial charge in [0.2, 0.25) is 5.91 Å². The van der Waals surface area contributed by atoms with E-state index < -0.39 is 18.2 Å². The van der Waals surface area contributed by atoms with Gasteiger partial charge in [-0.1, -0.05) is 303 Å². The summed E-state index contributed by atoms with van der Waals surface area (Å²) < 4.78 is 5.98. The lowest BCUT2D eigenvalue weighted by Gasteiger charge is -2.24. The Balaban J connectivity index is 4.45. The third-order valence-electron chi connectivity index (χ3n) is 14.8. The van der Waals surface area contributed by atoms with Gasteiger partial charge in [-0.3, -0.25) is 9.59 Å². The van der Waals surface area contributed by atoms with Crippen LogP contribution in [-0.2, 0) is 14.3 Å². The van der Waals surface area contributed by atoms with Crippen LogP contribution in [0, 0.1) is 0 Å². The van der Waals surface area contributed by atoms with Crippen LogP contribution in [0.3, 0.4) is 0 Å². The van der Waals surface area contributed by atoms with Crippen molar-refractivity contribution in [2.45, 2.75) is 373 Å². The molecule has 6 heteroatoms. The Bertz CT molecular complexity index is 1050. The lowest BCUT2D eigenvalue weighted by molar-refractivity contribution is -0.151. The van der Waals surface area contributed by atoms with E-state index in [4.69, 9.17) is 4.74 Å². The highest BCUT2D eigenvalue weighted by Gasteiger charge is 2.24. The van der Waals surface area contributed by atoms with Crippen LogP contribution >= 0.6 is 0 Å². The fourth-order valence-electron chi connectivity index (χ4n) is 10.1. The number of carbonyl (C=O) groups excluding carboxylic acids is 2. The van der Waals surface area contributed by atoms with Crippen molar-refractivity contribution in [3.8, 4) is 0 Å². The number of esters is 1. The molecule has 0 aromatic rings. The minimum absolute atomic E-state index is 0.0750. The van der Waals surface area contributed by atoms with Crippen molar-refractivity contribution in [3.63, 3.8) is 0 Å². The molecule has 0 saturated heterocycles. The first-order chi connectivity index (χ1) is 34.0. The van der Waals surface area contributed by atoms with Gasteiger partial charge in [0.25, 0.3) is 0 Å². The van der Waals surface area contributed by atoms with Crippen molar-refractivity contribution in [1.82, 2.24) is 5.32 Å². The van der Waals surface area contributed by atoms with Gasteiger partial charge in [0.1, 0.15) is 6.10 Å². The summed E-state index contributed by atoms with van der Waals surface area (Å²) in [4.78, 5) is 26.3. The summed E-state index contributed by atoms with van der Waals surface area (Å²) in [5.74, 6) is -0.462. The van der Waals surface area contributed by atoms with Crippen LogP contribution in [0.25, 0.3) is 0 Å². The van der Waals surface area contributed by atoms with Crippen LogP contribution in [0.5, 0.6) is 0 Å². The summed E-state index contributed by atoms with van der Waals surface area (Å²) in [7, 11) is 0. The molecule has 1 amide bonds. The van der Waals surface area contributed by atoms with Gasteiger partial charge < -0.3 is 20.3 Å². The Labute approximate surface area is 431 Å². The highest BCUT2D eigenvalue weighted by atomic mass is 16.5. The molecule has 0 bridgehead atoms. The van der Waals surface area contributed by atoms with Gasteiger partial charge in [-0.05, 0) is 51.4 Å². The maximum Gasteiger partial charge on any atom is 0.306 e. The number of rotatable bonds is 58. The molecule has 410 valence electrons. The highest BCUT2D eigenvalue weighted by Crippen LogP contribution is 2.19. The Kier molecular flexibility index (Phi) is 56.3. The zero-order valence-corrected chi connectivity index (χ0v) is 47.0. The third-order valence-corrected chi connectivity index (χ3v) is 14.8. The fourth-order valence-corrected chi connectivity index (χ4v) is 10.1. The molecule has 0 aliphatic carbocycles. The van der Waals surface area contributed by atoms with Crippen LogP contribution in [0.4, 0.5) is 0 Å². The first-order valence-corrected chi connectivity index (χ1v) is 31.4. The third kappa shape index (κ3) is 52.7. The molecule has 0 radical (unpaired) electrons. The predicted octanol–water partition coefficient (Wildman–Crippen LogP) is 19.6. The average molecular weight is 975 g/mol. The molecule has 3 atom stereocenters. The average Bonchev–Trinajstić information content (AvgIpc) is 3.34. The van der Waals surface area contributed by atoms with Crippen molar-refractivity contribution in [1.29, 1.82) is 0 Å². The molecular formula is C63H123NO5. The SMILES string of the molecule is CCCCCCCCC/C=C/CCCCCC(CC(=O)NC(CO)C(O)CCCCCCCCCCCCCCCCCCC)OC(=O)CCCCCCCCCCCCCCCCCCCCC. The monoisotopic (exact) mass is 974 g/mol. The molecule has 0 spiro atoms. The van der Waals surface area contributed by atoms with Crippen molar-refractivity contribution < 1.29 is 24.5 Å². The molecule has 6 nitrogen and oxygen atoms in total. The number of carbonyl (C=O) groups is 2. The lowest BCUT2D eigenvalue weighted by Crippen LogP contribution is -2.46. The molecule has 0 heterocycles. The number of allylic oxidation sites excluding steroid dienone is 2. The molecule has 3 unspecified atom stereocenters. The first kappa shape index (κ1) is 67.6. The Morgan fingerprint density at radius 2 is 0.696 bits per heavy atom. The number of aliphatic hydroxyl groups excluding tert-OH is 2. The van der Waals surface area contributed by atoms with Gasteiger partial charge in [0.05, 0.1) is 25.2 Å². The standard InChI is InChI=1S/C63H123NO5/c1-4-7-10-13-16-19-22-25-28-30-31-33-35-38-41-44-47-50-53-56-63(68)69-59(54-51-48-45-42-39-36-27-24-21-18-15-12-9-6-3)57-62(67)64-60(58-65)61(66)55-52-49-46-43-40-37-34-32-29-26-23-20-17-14-11-8-5-2/h36,39,59-61,65-66H,4-35,37-38,40-58H2,1-3H3,(H,64,67)/b39-36+. The first-order valence-electron chi connectivity index (χ1n) is 31.4. The second-order valence-corrected chi connectivity index (χ2v) is 21.8. The largest absolute Gasteiger partial charge is 0.462 e. The van der Waals surface area contributed by atoms with Gasteiger partial charge in [-0.15, -0.1) is 0 Å². The van der Waals surface area contributed by atoms with E-state index in [1.54, 1.807) is 0 Å². The number of ether oxygens (including phenoxy) is 1. The van der Waals surface area contributed by atoms with E-state index >= 15 is 0 Å². The van der Waals surface area contributed by atoms with E-state index in [0.717, 1.165) is 57.8 Å². The molecule has 0 fully saturated rings. The van der Waals surface area contributed by atoms with Crippen LogP contribution in [0.2, 0.25) is 0 Å². The van der Waals surface area contributed by atoms with Crippen molar-refractivity contribution in [3.05, 3.63) is 12.2 Å². The highest BCUT2D eigenvalue weighted by molar-refractivity contribution is 5.77. The summed E-state index contributed by atoms with van der Waals surface area (Å²) in [5.41, 5.74) is 0. The van der Waals surface area contributed by atoms with Crippen LogP contribution < -0.4 is 5.32 Å². The van der Waals surface area contributed by atoms with Crippen LogP contribution in [-0.4, -0.2) is 46.9 Å². The Hall–Kier alpha value is -1.40. The molecule has 0 aliphatic heterocycles. The van der Waals surface area contributed by atoms with Crippen molar-refractivity contribution >= 4 is 11.9 Å². The van der Waals surface area contributed by atoms with E-state index in [1.165, 1.54) is 250 Å². The summed E-state index contributed by atoms with van der Waals surface area (Å²) in [5, 5.41) is 24.0. The molecule has 0 rings (SSSR count). The molecule has 3 N–H and O–H groups in total. The van der Waals surface area contributed by atoms with Crippen LogP contribution in [0.1, 0.15) is 355 Å². The number of unbranched alkanes of at least 4 members (excludes halogenated alkanes) is 44. The van der Waals surface area contributed by atoms with Gasteiger partial charge in [-0.2, -0.15) is 0 Å². The predicted molar refractivity (Wildman–Crippen MR) is 301 cm³/mol. The van der Waals surface area contributed by atoms with E-state index in [9.17, 15) is 19.8 Å². The number of aliphatic hydroxyl groups is 2. The number of nitrogens with one attached hydrogen (secondary N) is 1. The summed E-state index contributed by atoms with van der Waals surface area (Å²) in [6.07, 6.45) is 67.2. The second-order valence-electron chi connectivity index (χ2n) is 21.8. The van der Waals surface area contributed by atoms with E-state index in [2.05, 4.69) is 38.2 Å². The molecule has 0 aliphatic rings. The maximum absolute atomic E-state index is 13.3. The van der Waals surface area contributed by atoms with Crippen molar-refractivity contribution in [2.75, 3.05) is 6.61 Å². The van der Waals surface area contributed by atoms with Crippen molar-refractivity contribution in [2.24, 2.45) is 0 Å². The summed E-state index contributed by atoms with van der Waals surface area (Å²) >= 11 is 0. The number of hydrogen-bond acceptors (Lipinski definition) is 5. The minimum Gasteiger partial charge on any atom is -0.462 e. The van der Waals surface area contributed by atoms with E-state index in [-0.39, 0.29) is 24.9 Å². The molecular weight excluding hydrogens is 851 g/mol. The zero-order chi connectivity index (χ0) is 50.2. The van der Waals surface area contributed by atoms with E-state index in [1.807, 2.05) is 0 Å². The summed E-state index contributed by atoms with van der Waals surface area (Å²) in [6.45, 7) is 6.54. The maximum atomic E-state index is 13.3. The second kappa shape index (κ2) is 57.5. The topological polar surface area (TPSA) is 95.9 Å². The smallest absolute Gasteiger partial charge is 0.306 e. The fraction of sp³-hybridized carbons (Fsp3) is 0.937. The molecule has 0 saturated carbocycles. The summed E-state index contributed by atoms with van der Waals surface area (Å²) in [6, 6.07) is -0.702. The van der Waals surface area contributed by atoms with Gasteiger partial charge in [0.15, 0.2) is 0 Å². The zero-order valence-electron chi connectivity index (χ0n) is 47.0. The van der Waals surface area contributed by atoms with Crippen LogP contribution in [0.15, 0.2) is 12.2 Å². The normalized spacial score (nSPS) is 13.1. The molecule has 0 aromatic heterocycles. The quantitative estimate of drug-likeness (QED) is 0.0321. The molecule has 69 heavy (non-hydrogen) atoms. The Morgan fingerprint density at radius 3 is 1.04 bits per heavy atom. The van der Waals surface area contributed by atoms with Gasteiger partial charge in [0, 0.05) is 6.42 Å². The minimum atomic E-state index is -0.787. The number of amides is 1. The lowest BCUT2D eigenvalue weighted by atomic mass is 10.0. The molecule has 0 aromatic carbocycles.